The topological polar surface area (TPSA) is 56.2 Å². The Morgan fingerprint density at radius 2 is 1.90 bits per heavy atom. The highest BCUT2D eigenvalue weighted by Gasteiger charge is 2.10. The van der Waals surface area contributed by atoms with E-state index in [2.05, 4.69) is 53.7 Å². The van der Waals surface area contributed by atoms with Crippen molar-refractivity contribution < 1.29 is 9.53 Å². The Labute approximate surface area is 178 Å². The fourth-order valence-corrected chi connectivity index (χ4v) is 3.48. The first-order valence-electron chi connectivity index (χ1n) is 10.7. The smallest absolute Gasteiger partial charge is 0.243 e. The summed E-state index contributed by atoms with van der Waals surface area (Å²) in [6, 6.07) is 16.5. The number of imidazole rings is 1. The van der Waals surface area contributed by atoms with Gasteiger partial charge in [-0.15, -0.1) is 0 Å². The summed E-state index contributed by atoms with van der Waals surface area (Å²) in [6.45, 7) is 7.80. The molecule has 1 amide bonds. The van der Waals surface area contributed by atoms with Crippen LogP contribution in [0, 0.1) is 6.92 Å². The summed E-state index contributed by atoms with van der Waals surface area (Å²) >= 11 is 0. The van der Waals surface area contributed by atoms with Gasteiger partial charge in [-0.3, -0.25) is 4.79 Å². The summed E-state index contributed by atoms with van der Waals surface area (Å²) in [7, 11) is 0. The number of rotatable bonds is 12. The lowest BCUT2D eigenvalue weighted by Crippen LogP contribution is -2.21. The number of amides is 1. The van der Waals surface area contributed by atoms with E-state index in [9.17, 15) is 4.79 Å². The fraction of sp³-hybridized carbons (Fsp3) is 0.360. The van der Waals surface area contributed by atoms with Crippen molar-refractivity contribution in [1.29, 1.82) is 0 Å². The van der Waals surface area contributed by atoms with Crippen LogP contribution in [-0.2, 0) is 17.8 Å². The van der Waals surface area contributed by atoms with Gasteiger partial charge in [0.25, 0.3) is 0 Å². The van der Waals surface area contributed by atoms with Crippen LogP contribution >= 0.6 is 0 Å². The maximum Gasteiger partial charge on any atom is 0.243 e. The second-order valence-corrected chi connectivity index (χ2v) is 7.49. The van der Waals surface area contributed by atoms with E-state index in [1.807, 2.05) is 18.2 Å². The third-order valence-electron chi connectivity index (χ3n) is 5.11. The van der Waals surface area contributed by atoms with Gasteiger partial charge in [0.1, 0.15) is 11.6 Å². The van der Waals surface area contributed by atoms with Crippen molar-refractivity contribution >= 4 is 16.9 Å². The molecule has 0 aliphatic heterocycles. The largest absolute Gasteiger partial charge is 0.494 e. The maximum atomic E-state index is 11.2. The number of ether oxygens (including phenoxy) is 1. The lowest BCUT2D eigenvalue weighted by atomic mass is 10.2. The van der Waals surface area contributed by atoms with Crippen LogP contribution in [0.2, 0.25) is 0 Å². The summed E-state index contributed by atoms with van der Waals surface area (Å²) in [5, 5.41) is 2.82. The van der Waals surface area contributed by atoms with E-state index in [0.717, 1.165) is 55.7 Å². The number of para-hydroxylation sites is 2. The van der Waals surface area contributed by atoms with Crippen LogP contribution in [0.5, 0.6) is 5.75 Å². The first-order valence-corrected chi connectivity index (χ1v) is 10.7. The molecule has 0 radical (unpaired) electrons. The van der Waals surface area contributed by atoms with Crippen molar-refractivity contribution in [2.75, 3.05) is 13.2 Å². The molecule has 1 aromatic heterocycles. The van der Waals surface area contributed by atoms with Gasteiger partial charge in [0.05, 0.1) is 17.6 Å². The molecule has 0 fully saturated rings. The molecule has 0 spiro atoms. The Morgan fingerprint density at radius 3 is 2.70 bits per heavy atom. The van der Waals surface area contributed by atoms with Gasteiger partial charge >= 0.3 is 0 Å². The molecular weight excluding hydrogens is 374 g/mol. The number of unbranched alkanes of at least 4 members (excludes halogenated alkanes) is 2. The van der Waals surface area contributed by atoms with Gasteiger partial charge in [-0.05, 0) is 56.5 Å². The third-order valence-corrected chi connectivity index (χ3v) is 5.11. The van der Waals surface area contributed by atoms with Gasteiger partial charge in [0.2, 0.25) is 5.91 Å². The first kappa shape index (κ1) is 21.6. The van der Waals surface area contributed by atoms with Gasteiger partial charge in [-0.2, -0.15) is 0 Å². The molecule has 0 saturated carbocycles. The zero-order valence-electron chi connectivity index (χ0n) is 17.8. The average Bonchev–Trinajstić information content (AvgIpc) is 3.12. The number of aryl methyl sites for hydroxylation is 3. The van der Waals surface area contributed by atoms with E-state index in [4.69, 9.17) is 9.72 Å². The van der Waals surface area contributed by atoms with Crippen molar-refractivity contribution in [2.24, 2.45) is 0 Å². The number of fused-ring (bicyclic) bond motifs is 1. The van der Waals surface area contributed by atoms with Crippen LogP contribution < -0.4 is 10.1 Å². The van der Waals surface area contributed by atoms with Crippen LogP contribution in [0.1, 0.15) is 37.1 Å². The fourth-order valence-electron chi connectivity index (χ4n) is 3.48. The summed E-state index contributed by atoms with van der Waals surface area (Å²) in [5.41, 5.74) is 3.46. The van der Waals surface area contributed by atoms with Crippen molar-refractivity contribution in [2.45, 2.75) is 45.6 Å². The second kappa shape index (κ2) is 11.2. The van der Waals surface area contributed by atoms with Crippen molar-refractivity contribution in [3.8, 4) is 5.75 Å². The number of benzene rings is 2. The minimum absolute atomic E-state index is 0.107. The summed E-state index contributed by atoms with van der Waals surface area (Å²) in [6.07, 6.45) is 6.23. The number of hydrogen-bond donors (Lipinski definition) is 1. The molecule has 0 atom stereocenters. The SMILES string of the molecule is C=CC(=O)NCCCCCc1nc2ccccc2n1CCCOc1ccc(C)cc1. The highest BCUT2D eigenvalue weighted by molar-refractivity contribution is 5.86. The lowest BCUT2D eigenvalue weighted by molar-refractivity contribution is -0.116. The highest BCUT2D eigenvalue weighted by atomic mass is 16.5. The van der Waals surface area contributed by atoms with Crippen molar-refractivity contribution in [1.82, 2.24) is 14.9 Å². The van der Waals surface area contributed by atoms with E-state index in [1.165, 1.54) is 17.2 Å². The van der Waals surface area contributed by atoms with E-state index < -0.39 is 0 Å². The van der Waals surface area contributed by atoms with Gasteiger partial charge in [-0.25, -0.2) is 4.98 Å². The van der Waals surface area contributed by atoms with E-state index in [1.54, 1.807) is 0 Å². The van der Waals surface area contributed by atoms with Gasteiger partial charge in [-0.1, -0.05) is 42.8 Å². The number of aromatic nitrogens is 2. The van der Waals surface area contributed by atoms with E-state index in [0.29, 0.717) is 13.2 Å². The standard InChI is InChI=1S/C25H31N3O2/c1-3-25(29)26-17-8-4-5-12-24-27-22-10-6-7-11-23(22)28(24)18-9-19-30-21-15-13-20(2)14-16-21/h3,6-7,10-11,13-16H,1,4-5,8-9,12,17-19H2,2H3,(H,26,29). The normalized spacial score (nSPS) is 10.8. The molecule has 0 saturated heterocycles. The quantitative estimate of drug-likeness (QED) is 0.347. The summed E-state index contributed by atoms with van der Waals surface area (Å²) in [5.74, 6) is 1.94. The molecule has 0 aliphatic rings. The zero-order valence-corrected chi connectivity index (χ0v) is 17.8. The van der Waals surface area contributed by atoms with Gasteiger partial charge < -0.3 is 14.6 Å². The molecule has 5 nitrogen and oxygen atoms in total. The molecule has 2 aromatic carbocycles. The Morgan fingerprint density at radius 1 is 1.10 bits per heavy atom. The first-order chi connectivity index (χ1) is 14.7. The molecule has 30 heavy (non-hydrogen) atoms. The molecular formula is C25H31N3O2. The van der Waals surface area contributed by atoms with Crippen LogP contribution in [-0.4, -0.2) is 28.6 Å². The predicted octanol–water partition coefficient (Wildman–Crippen LogP) is 4.83. The van der Waals surface area contributed by atoms with Gasteiger partial charge in [0.15, 0.2) is 0 Å². The van der Waals surface area contributed by atoms with Crippen LogP contribution in [0.25, 0.3) is 11.0 Å². The number of carbonyl (C=O) groups excluding carboxylic acids is 1. The Bertz CT molecular complexity index is 960. The Balaban J connectivity index is 1.51. The molecule has 3 rings (SSSR count). The summed E-state index contributed by atoms with van der Waals surface area (Å²) < 4.78 is 8.22. The molecule has 1 N–H and O–H groups in total. The van der Waals surface area contributed by atoms with Crippen LogP contribution in [0.4, 0.5) is 0 Å². The molecule has 0 bridgehead atoms. The molecule has 5 heteroatoms. The van der Waals surface area contributed by atoms with Crippen LogP contribution in [0.3, 0.4) is 0 Å². The number of hydrogen-bond acceptors (Lipinski definition) is 3. The van der Waals surface area contributed by atoms with E-state index >= 15 is 0 Å². The lowest BCUT2D eigenvalue weighted by Gasteiger charge is -2.11. The maximum absolute atomic E-state index is 11.2. The van der Waals surface area contributed by atoms with Crippen molar-refractivity contribution in [3.63, 3.8) is 0 Å². The third kappa shape index (κ3) is 6.21. The zero-order chi connectivity index (χ0) is 21.2. The minimum Gasteiger partial charge on any atom is -0.494 e. The monoisotopic (exact) mass is 405 g/mol. The average molecular weight is 406 g/mol. The Kier molecular flexibility index (Phi) is 8.07. The van der Waals surface area contributed by atoms with Crippen LogP contribution in [0.15, 0.2) is 61.2 Å². The summed E-state index contributed by atoms with van der Waals surface area (Å²) in [4.78, 5) is 16.0. The number of carbonyl (C=O) groups is 1. The molecule has 158 valence electrons. The second-order valence-electron chi connectivity index (χ2n) is 7.49. The molecule has 0 aliphatic carbocycles. The van der Waals surface area contributed by atoms with E-state index in [-0.39, 0.29) is 5.91 Å². The molecule has 1 heterocycles. The number of nitrogens with one attached hydrogen (secondary N) is 1. The Hall–Kier alpha value is -3.08. The number of nitrogens with zero attached hydrogens (tertiary/aromatic N) is 2. The van der Waals surface area contributed by atoms with Crippen molar-refractivity contribution in [3.05, 3.63) is 72.6 Å². The highest BCUT2D eigenvalue weighted by Crippen LogP contribution is 2.19. The predicted molar refractivity (Wildman–Crippen MR) is 122 cm³/mol. The van der Waals surface area contributed by atoms with Gasteiger partial charge in [0, 0.05) is 19.5 Å². The molecule has 0 unspecified atom stereocenters. The minimum atomic E-state index is -0.107. The molecule has 3 aromatic rings.